The second-order valence-corrected chi connectivity index (χ2v) is 6.29. The van der Waals surface area contributed by atoms with Crippen LogP contribution in [0.5, 0.6) is 0 Å². The summed E-state index contributed by atoms with van der Waals surface area (Å²) >= 11 is 4.94. The largest absolute Gasteiger partial charge is 0.392 e. The van der Waals surface area contributed by atoms with Crippen molar-refractivity contribution in [2.45, 2.75) is 26.2 Å². The van der Waals surface area contributed by atoms with Crippen molar-refractivity contribution in [3.63, 3.8) is 0 Å². The first kappa shape index (κ1) is 13.6. The molecule has 0 aromatic carbocycles. The van der Waals surface area contributed by atoms with Crippen LogP contribution in [0.3, 0.4) is 0 Å². The number of carbonyl (C=O) groups is 1. The van der Waals surface area contributed by atoms with E-state index in [-0.39, 0.29) is 10.9 Å². The minimum atomic E-state index is -0.844. The standard InChI is InChI=1S/C10H18N2O2S2/c1-2-16(14)7-6-12-9(13)10(8(11)15)4-3-5-10/h2-7H2,1H3,(H2,11,15)(H,12,13). The van der Waals surface area contributed by atoms with Crippen LogP contribution in [0.2, 0.25) is 0 Å². The average Bonchev–Trinajstić information content (AvgIpc) is 2.15. The van der Waals surface area contributed by atoms with Gasteiger partial charge in [0.1, 0.15) is 0 Å². The third-order valence-electron chi connectivity index (χ3n) is 3.05. The van der Waals surface area contributed by atoms with E-state index in [1.165, 1.54) is 0 Å². The summed E-state index contributed by atoms with van der Waals surface area (Å²) in [7, 11) is -0.844. The molecule has 6 heteroatoms. The molecule has 1 unspecified atom stereocenters. The Morgan fingerprint density at radius 1 is 1.56 bits per heavy atom. The molecule has 0 spiro atoms. The van der Waals surface area contributed by atoms with Gasteiger partial charge in [-0.25, -0.2) is 0 Å². The zero-order chi connectivity index (χ0) is 12.2. The Hall–Kier alpha value is -0.490. The lowest BCUT2D eigenvalue weighted by Crippen LogP contribution is -2.53. The van der Waals surface area contributed by atoms with E-state index in [1.54, 1.807) is 0 Å². The lowest BCUT2D eigenvalue weighted by molar-refractivity contribution is -0.130. The fourth-order valence-electron chi connectivity index (χ4n) is 1.71. The minimum Gasteiger partial charge on any atom is -0.392 e. The third kappa shape index (κ3) is 2.79. The zero-order valence-electron chi connectivity index (χ0n) is 9.45. The monoisotopic (exact) mass is 262 g/mol. The number of nitrogens with two attached hydrogens (primary N) is 1. The van der Waals surface area contributed by atoms with Gasteiger partial charge in [-0.1, -0.05) is 25.6 Å². The van der Waals surface area contributed by atoms with Gasteiger partial charge in [0.2, 0.25) is 5.91 Å². The smallest absolute Gasteiger partial charge is 0.233 e. The molecule has 1 saturated carbocycles. The van der Waals surface area contributed by atoms with Crippen LogP contribution in [-0.4, -0.2) is 33.2 Å². The number of hydrogen-bond donors (Lipinski definition) is 2. The fourth-order valence-corrected chi connectivity index (χ4v) is 2.62. The van der Waals surface area contributed by atoms with Crippen molar-refractivity contribution in [3.8, 4) is 0 Å². The van der Waals surface area contributed by atoms with Gasteiger partial charge in [0.25, 0.3) is 0 Å². The van der Waals surface area contributed by atoms with Gasteiger partial charge in [-0.15, -0.1) is 0 Å². The summed E-state index contributed by atoms with van der Waals surface area (Å²) in [6, 6.07) is 0. The Bertz CT molecular complexity index is 314. The van der Waals surface area contributed by atoms with E-state index in [2.05, 4.69) is 5.32 Å². The number of nitrogens with one attached hydrogen (secondary N) is 1. The minimum absolute atomic E-state index is 0.0978. The highest BCUT2D eigenvalue weighted by Crippen LogP contribution is 2.41. The maximum atomic E-state index is 11.9. The van der Waals surface area contributed by atoms with E-state index < -0.39 is 16.2 Å². The molecule has 1 fully saturated rings. The van der Waals surface area contributed by atoms with Crippen LogP contribution in [0.15, 0.2) is 0 Å². The van der Waals surface area contributed by atoms with Crippen LogP contribution in [-0.2, 0) is 15.6 Å². The second kappa shape index (κ2) is 5.72. The molecular formula is C10H18N2O2S2. The average molecular weight is 262 g/mol. The summed E-state index contributed by atoms with van der Waals surface area (Å²) in [5.74, 6) is 1.02. The van der Waals surface area contributed by atoms with Gasteiger partial charge in [-0.2, -0.15) is 0 Å². The highest BCUT2D eigenvalue weighted by Gasteiger charge is 2.46. The molecule has 0 bridgehead atoms. The predicted molar refractivity (Wildman–Crippen MR) is 69.6 cm³/mol. The molecule has 1 aliphatic carbocycles. The molecule has 1 aliphatic rings. The van der Waals surface area contributed by atoms with E-state index in [4.69, 9.17) is 18.0 Å². The molecule has 16 heavy (non-hydrogen) atoms. The van der Waals surface area contributed by atoms with Crippen molar-refractivity contribution in [3.05, 3.63) is 0 Å². The number of hydrogen-bond acceptors (Lipinski definition) is 3. The molecular weight excluding hydrogens is 244 g/mol. The number of amides is 1. The maximum absolute atomic E-state index is 11.9. The molecule has 3 N–H and O–H groups in total. The molecule has 1 atom stereocenters. The van der Waals surface area contributed by atoms with E-state index in [9.17, 15) is 9.00 Å². The molecule has 0 saturated heterocycles. The molecule has 92 valence electrons. The highest BCUT2D eigenvalue weighted by molar-refractivity contribution is 7.84. The van der Waals surface area contributed by atoms with Crippen LogP contribution in [0.4, 0.5) is 0 Å². The number of rotatable bonds is 6. The van der Waals surface area contributed by atoms with Crippen LogP contribution >= 0.6 is 12.2 Å². The molecule has 0 aromatic heterocycles. The van der Waals surface area contributed by atoms with Gasteiger partial charge < -0.3 is 11.1 Å². The Kier molecular flexibility index (Phi) is 4.86. The number of carbonyl (C=O) groups excluding carboxylic acids is 1. The first-order valence-electron chi connectivity index (χ1n) is 5.46. The summed E-state index contributed by atoms with van der Waals surface area (Å²) in [6.45, 7) is 2.30. The molecule has 1 amide bonds. The first-order valence-corrected chi connectivity index (χ1v) is 7.35. The van der Waals surface area contributed by atoms with E-state index in [1.807, 2.05) is 6.92 Å². The van der Waals surface area contributed by atoms with Crippen molar-refractivity contribution >= 4 is 33.9 Å². The van der Waals surface area contributed by atoms with Crippen molar-refractivity contribution in [2.24, 2.45) is 11.1 Å². The van der Waals surface area contributed by atoms with Crippen LogP contribution < -0.4 is 11.1 Å². The summed E-state index contributed by atoms with van der Waals surface area (Å²) in [6.07, 6.45) is 2.47. The molecule has 0 aliphatic heterocycles. The van der Waals surface area contributed by atoms with Crippen molar-refractivity contribution < 1.29 is 9.00 Å². The van der Waals surface area contributed by atoms with Gasteiger partial charge in [0, 0.05) is 28.9 Å². The Morgan fingerprint density at radius 2 is 2.19 bits per heavy atom. The van der Waals surface area contributed by atoms with E-state index in [0.717, 1.165) is 19.3 Å². The Labute approximate surface area is 104 Å². The quantitative estimate of drug-likeness (QED) is 0.677. The first-order chi connectivity index (χ1) is 7.53. The summed E-state index contributed by atoms with van der Waals surface area (Å²) in [5, 5.41) is 2.77. The van der Waals surface area contributed by atoms with Gasteiger partial charge in [0.05, 0.1) is 10.4 Å². The van der Waals surface area contributed by atoms with Crippen molar-refractivity contribution in [2.75, 3.05) is 18.1 Å². The second-order valence-electron chi connectivity index (χ2n) is 3.99. The van der Waals surface area contributed by atoms with Crippen LogP contribution in [0.1, 0.15) is 26.2 Å². The van der Waals surface area contributed by atoms with E-state index >= 15 is 0 Å². The van der Waals surface area contributed by atoms with E-state index in [0.29, 0.717) is 18.1 Å². The lowest BCUT2D eigenvalue weighted by atomic mass is 9.68. The number of thiocarbonyl (C=S) groups is 1. The lowest BCUT2D eigenvalue weighted by Gasteiger charge is -2.39. The Morgan fingerprint density at radius 3 is 2.56 bits per heavy atom. The molecule has 4 nitrogen and oxygen atoms in total. The van der Waals surface area contributed by atoms with Gasteiger partial charge >= 0.3 is 0 Å². The SMILES string of the molecule is CCS(=O)CCNC(=O)C1(C(N)=S)CCC1. The Balaban J connectivity index is 2.40. The predicted octanol–water partition coefficient (Wildman–Crippen LogP) is 0.328. The highest BCUT2D eigenvalue weighted by atomic mass is 32.2. The van der Waals surface area contributed by atoms with Gasteiger partial charge in [0.15, 0.2) is 0 Å². The topological polar surface area (TPSA) is 72.2 Å². The molecule has 1 rings (SSSR count). The third-order valence-corrected chi connectivity index (χ3v) is 4.74. The molecule has 0 heterocycles. The van der Waals surface area contributed by atoms with Crippen LogP contribution in [0, 0.1) is 5.41 Å². The van der Waals surface area contributed by atoms with Crippen molar-refractivity contribution in [1.29, 1.82) is 0 Å². The van der Waals surface area contributed by atoms with Crippen LogP contribution in [0.25, 0.3) is 0 Å². The molecule has 0 radical (unpaired) electrons. The summed E-state index contributed by atoms with van der Waals surface area (Å²) in [4.78, 5) is 12.2. The summed E-state index contributed by atoms with van der Waals surface area (Å²) < 4.78 is 11.2. The fraction of sp³-hybridized carbons (Fsp3) is 0.800. The molecule has 0 aromatic rings. The zero-order valence-corrected chi connectivity index (χ0v) is 11.1. The maximum Gasteiger partial charge on any atom is 0.233 e. The van der Waals surface area contributed by atoms with Gasteiger partial charge in [-0.05, 0) is 12.8 Å². The summed E-state index contributed by atoms with van der Waals surface area (Å²) in [5.41, 5.74) is 4.98. The van der Waals surface area contributed by atoms with Crippen molar-refractivity contribution in [1.82, 2.24) is 5.32 Å². The van der Waals surface area contributed by atoms with Gasteiger partial charge in [-0.3, -0.25) is 9.00 Å². The normalized spacial score (nSPS) is 19.6.